The van der Waals surface area contributed by atoms with E-state index < -0.39 is 17.8 Å². The summed E-state index contributed by atoms with van der Waals surface area (Å²) in [5, 5.41) is 18.9. The molecular formula is C33H31F2NO6. The van der Waals surface area contributed by atoms with Crippen LogP contribution in [0.5, 0.6) is 11.5 Å². The van der Waals surface area contributed by atoms with Crippen molar-refractivity contribution < 1.29 is 38.1 Å². The number of aromatic nitrogens is 1. The van der Waals surface area contributed by atoms with Crippen LogP contribution in [0.15, 0.2) is 72.8 Å². The zero-order chi connectivity index (χ0) is 30.1. The minimum Gasteiger partial charge on any atom is -0.490 e. The van der Waals surface area contributed by atoms with E-state index in [1.54, 1.807) is 35.8 Å². The highest BCUT2D eigenvalue weighted by Gasteiger charge is 2.21. The van der Waals surface area contributed by atoms with Gasteiger partial charge in [0.15, 0.2) is 0 Å². The Labute approximate surface area is 241 Å². The Morgan fingerprint density at radius 1 is 0.833 bits per heavy atom. The molecule has 0 atom stereocenters. The van der Waals surface area contributed by atoms with Crippen molar-refractivity contribution in [1.29, 1.82) is 0 Å². The maximum absolute atomic E-state index is 15.1. The third-order valence-electron chi connectivity index (χ3n) is 6.69. The van der Waals surface area contributed by atoms with Crippen LogP contribution >= 0.6 is 0 Å². The van der Waals surface area contributed by atoms with Crippen LogP contribution in [0.4, 0.5) is 8.78 Å². The summed E-state index contributed by atoms with van der Waals surface area (Å²) in [6.45, 7) is 2.06. The Kier molecular flexibility index (Phi) is 10.1. The number of halogens is 2. The molecule has 0 amide bonds. The van der Waals surface area contributed by atoms with Gasteiger partial charge in [0, 0.05) is 17.5 Å². The monoisotopic (exact) mass is 575 g/mol. The minimum absolute atomic E-state index is 0.0613. The highest BCUT2D eigenvalue weighted by atomic mass is 19.1. The van der Waals surface area contributed by atoms with E-state index in [2.05, 4.69) is 0 Å². The van der Waals surface area contributed by atoms with Crippen molar-refractivity contribution in [3.05, 3.63) is 107 Å². The lowest BCUT2D eigenvalue weighted by Gasteiger charge is -2.08. The van der Waals surface area contributed by atoms with Crippen LogP contribution in [0.3, 0.4) is 0 Å². The summed E-state index contributed by atoms with van der Waals surface area (Å²) in [4.78, 5) is 22.6. The Morgan fingerprint density at radius 2 is 1.45 bits per heavy atom. The van der Waals surface area contributed by atoms with Crippen molar-refractivity contribution in [3.63, 3.8) is 0 Å². The fourth-order valence-electron chi connectivity index (χ4n) is 4.68. The summed E-state index contributed by atoms with van der Waals surface area (Å²) in [6.07, 6.45) is 7.86. The van der Waals surface area contributed by atoms with Crippen molar-refractivity contribution in [2.45, 2.75) is 32.7 Å². The first-order valence-electron chi connectivity index (χ1n) is 13.4. The molecule has 0 saturated carbocycles. The maximum atomic E-state index is 15.1. The van der Waals surface area contributed by atoms with E-state index in [0.29, 0.717) is 65.3 Å². The van der Waals surface area contributed by atoms with E-state index in [4.69, 9.17) is 14.6 Å². The summed E-state index contributed by atoms with van der Waals surface area (Å²) in [5.74, 6) is -1.55. The first kappa shape index (κ1) is 30.0. The van der Waals surface area contributed by atoms with Gasteiger partial charge in [0.25, 0.3) is 0 Å². The highest BCUT2D eigenvalue weighted by Crippen LogP contribution is 2.33. The quantitative estimate of drug-likeness (QED) is 0.125. The number of aryl methyl sites for hydroxylation is 1. The van der Waals surface area contributed by atoms with E-state index in [0.717, 1.165) is 5.56 Å². The molecule has 0 spiro atoms. The number of ether oxygens (including phenoxy) is 2. The van der Waals surface area contributed by atoms with Gasteiger partial charge < -0.3 is 24.3 Å². The normalized spacial score (nSPS) is 11.5. The van der Waals surface area contributed by atoms with Gasteiger partial charge in [-0.1, -0.05) is 24.3 Å². The van der Waals surface area contributed by atoms with Gasteiger partial charge in [0.1, 0.15) is 42.9 Å². The van der Waals surface area contributed by atoms with Crippen LogP contribution < -0.4 is 9.47 Å². The first-order chi connectivity index (χ1) is 20.2. The van der Waals surface area contributed by atoms with Crippen LogP contribution in [0, 0.1) is 18.6 Å². The van der Waals surface area contributed by atoms with Crippen molar-refractivity contribution in [3.8, 4) is 11.5 Å². The second-order valence-corrected chi connectivity index (χ2v) is 9.60. The summed E-state index contributed by atoms with van der Waals surface area (Å²) >= 11 is 0. The Bertz CT molecular complexity index is 1600. The van der Waals surface area contributed by atoms with Crippen LogP contribution in [0.1, 0.15) is 35.2 Å². The van der Waals surface area contributed by atoms with E-state index in [-0.39, 0.29) is 18.8 Å². The molecule has 0 aliphatic heterocycles. The van der Waals surface area contributed by atoms with Crippen LogP contribution in [0.2, 0.25) is 0 Å². The number of fused-ring (bicyclic) bond motifs is 1. The number of carbonyl (C=O) groups is 2. The molecule has 0 bridgehead atoms. The largest absolute Gasteiger partial charge is 0.490 e. The molecule has 4 rings (SSSR count). The van der Waals surface area contributed by atoms with E-state index in [9.17, 15) is 19.1 Å². The lowest BCUT2D eigenvalue weighted by Crippen LogP contribution is -2.10. The molecule has 0 radical (unpaired) electrons. The highest BCUT2D eigenvalue weighted by molar-refractivity contribution is 5.95. The first-order valence-corrected chi connectivity index (χ1v) is 13.4. The predicted molar refractivity (Wildman–Crippen MR) is 157 cm³/mol. The number of carboxylic acids is 2. The Hall–Kier alpha value is -4.92. The van der Waals surface area contributed by atoms with Crippen molar-refractivity contribution in [2.24, 2.45) is 0 Å². The average Bonchev–Trinajstić information content (AvgIpc) is 3.23. The second kappa shape index (κ2) is 14.1. The van der Waals surface area contributed by atoms with Gasteiger partial charge in [-0.3, -0.25) is 9.59 Å². The second-order valence-electron chi connectivity index (χ2n) is 9.60. The predicted octanol–water partition coefficient (Wildman–Crippen LogP) is 6.90. The zero-order valence-corrected chi connectivity index (χ0v) is 23.1. The van der Waals surface area contributed by atoms with Gasteiger partial charge in [-0.2, -0.15) is 0 Å². The average molecular weight is 576 g/mol. The molecule has 4 aromatic rings. The smallest absolute Gasteiger partial charge is 0.323 e. The zero-order valence-electron chi connectivity index (χ0n) is 23.1. The number of nitrogens with zero attached hydrogens (tertiary/aromatic N) is 1. The molecule has 0 aliphatic rings. The van der Waals surface area contributed by atoms with Crippen LogP contribution in [-0.4, -0.2) is 39.9 Å². The summed E-state index contributed by atoms with van der Waals surface area (Å²) in [6, 6.07) is 16.1. The number of hydrogen-bond acceptors (Lipinski definition) is 4. The SMILES string of the molecule is Cc1c(CCCC(=O)O)c2c(F)ccc(C=Cc3ccc(OCC=CCOc4ccc(F)cc4)cc3)c2n1CC(=O)O. The summed E-state index contributed by atoms with van der Waals surface area (Å²) < 4.78 is 40.8. The molecule has 0 fully saturated rings. The molecule has 3 aromatic carbocycles. The lowest BCUT2D eigenvalue weighted by atomic mass is 10.0. The number of benzene rings is 3. The fourth-order valence-corrected chi connectivity index (χ4v) is 4.68. The molecule has 0 saturated heterocycles. The van der Waals surface area contributed by atoms with E-state index in [1.807, 2.05) is 42.5 Å². The van der Waals surface area contributed by atoms with E-state index >= 15 is 4.39 Å². The molecule has 2 N–H and O–H groups in total. The number of carboxylic acid groups (broad SMARTS) is 2. The van der Waals surface area contributed by atoms with Gasteiger partial charge >= 0.3 is 11.9 Å². The Balaban J connectivity index is 1.44. The molecule has 1 aromatic heterocycles. The van der Waals surface area contributed by atoms with Crippen molar-refractivity contribution in [2.75, 3.05) is 13.2 Å². The molecule has 0 unspecified atom stereocenters. The molecule has 9 heteroatoms. The topological polar surface area (TPSA) is 98.0 Å². The Morgan fingerprint density at radius 3 is 2.05 bits per heavy atom. The number of rotatable bonds is 14. The fraction of sp³-hybridized carbons (Fsp3) is 0.212. The van der Waals surface area contributed by atoms with Crippen LogP contribution in [-0.2, 0) is 22.6 Å². The third kappa shape index (κ3) is 7.84. The van der Waals surface area contributed by atoms with Gasteiger partial charge in [-0.05, 0) is 97.1 Å². The van der Waals surface area contributed by atoms with Gasteiger partial charge in [0.05, 0.1) is 5.52 Å². The lowest BCUT2D eigenvalue weighted by molar-refractivity contribution is -0.138. The standard InChI is InChI=1S/C33H31F2NO6/c1-22-28(5-4-6-30(37)38)32-29(35)18-11-24(33(32)36(22)21-31(39)40)10-7-23-8-14-26(15-9-23)41-19-2-3-20-42-27-16-12-25(34)13-17-27/h2-3,7-18H,4-6,19-21H2,1H3,(H,37,38)(H,39,40). The van der Waals surface area contributed by atoms with Gasteiger partial charge in [0.2, 0.25) is 0 Å². The molecule has 42 heavy (non-hydrogen) atoms. The number of aliphatic carboxylic acids is 2. The van der Waals surface area contributed by atoms with Crippen molar-refractivity contribution in [1.82, 2.24) is 4.57 Å². The van der Waals surface area contributed by atoms with Gasteiger partial charge in [-0.25, -0.2) is 8.78 Å². The molecule has 1 heterocycles. The van der Waals surface area contributed by atoms with Crippen molar-refractivity contribution >= 4 is 35.0 Å². The molecule has 7 nitrogen and oxygen atoms in total. The third-order valence-corrected chi connectivity index (χ3v) is 6.69. The van der Waals surface area contributed by atoms with E-state index in [1.165, 1.54) is 18.2 Å². The summed E-state index contributed by atoms with van der Waals surface area (Å²) in [5.41, 5.74) is 3.20. The molecule has 0 aliphatic carbocycles. The number of hydrogen-bond donors (Lipinski definition) is 2. The minimum atomic E-state index is -1.06. The summed E-state index contributed by atoms with van der Waals surface area (Å²) in [7, 11) is 0. The molecule has 218 valence electrons. The van der Waals surface area contributed by atoms with Gasteiger partial charge in [-0.15, -0.1) is 0 Å². The maximum Gasteiger partial charge on any atom is 0.323 e. The molecular weight excluding hydrogens is 544 g/mol. The van der Waals surface area contributed by atoms with Crippen LogP contribution in [0.25, 0.3) is 23.1 Å².